The lowest BCUT2D eigenvalue weighted by Crippen LogP contribution is -2.34. The summed E-state index contributed by atoms with van der Waals surface area (Å²) in [6.07, 6.45) is 2.74. The molecule has 0 aromatic carbocycles. The van der Waals surface area contributed by atoms with Crippen LogP contribution in [0.3, 0.4) is 0 Å². The van der Waals surface area contributed by atoms with Crippen LogP contribution in [-0.2, 0) is 4.79 Å². The summed E-state index contributed by atoms with van der Waals surface area (Å²) in [5.74, 6) is -0.401. The highest BCUT2D eigenvalue weighted by molar-refractivity contribution is 7.22. The van der Waals surface area contributed by atoms with Gasteiger partial charge in [-0.1, -0.05) is 11.3 Å². The van der Waals surface area contributed by atoms with Crippen molar-refractivity contribution in [2.45, 2.75) is 25.4 Å². The maximum atomic E-state index is 13.0. The average molecular weight is 345 g/mol. The van der Waals surface area contributed by atoms with Gasteiger partial charge in [-0.15, -0.1) is 0 Å². The third-order valence-corrected chi connectivity index (χ3v) is 5.60. The molecular weight excluding hydrogens is 329 g/mol. The molecule has 2 aromatic rings. The first-order chi connectivity index (χ1) is 11.7. The molecule has 0 bridgehead atoms. The van der Waals surface area contributed by atoms with Crippen LogP contribution in [0.25, 0.3) is 10.2 Å². The quantitative estimate of drug-likeness (QED) is 0.925. The number of halogens is 1. The summed E-state index contributed by atoms with van der Waals surface area (Å²) in [7, 11) is 0. The van der Waals surface area contributed by atoms with Crippen LogP contribution in [-0.4, -0.2) is 35.1 Å². The van der Waals surface area contributed by atoms with Crippen LogP contribution < -0.4 is 10.2 Å². The second-order valence-corrected chi connectivity index (χ2v) is 7.24. The molecule has 0 unspecified atom stereocenters. The third kappa shape index (κ3) is 2.80. The molecule has 1 N–H and O–H groups in total. The number of piperidine rings is 1. The van der Waals surface area contributed by atoms with E-state index in [0.717, 1.165) is 34.7 Å². The Balaban J connectivity index is 1.60. The highest BCUT2D eigenvalue weighted by Crippen LogP contribution is 2.37. The highest BCUT2D eigenvalue weighted by atomic mass is 32.1. The van der Waals surface area contributed by atoms with Gasteiger partial charge in [0.2, 0.25) is 5.91 Å². The van der Waals surface area contributed by atoms with E-state index in [0.29, 0.717) is 18.8 Å². The van der Waals surface area contributed by atoms with E-state index in [-0.39, 0.29) is 11.8 Å². The number of amides is 1. The fourth-order valence-electron chi connectivity index (χ4n) is 2.97. The van der Waals surface area contributed by atoms with E-state index in [4.69, 9.17) is 5.26 Å². The van der Waals surface area contributed by atoms with Gasteiger partial charge in [0, 0.05) is 19.3 Å². The summed E-state index contributed by atoms with van der Waals surface area (Å²) in [5, 5.41) is 12.7. The SMILES string of the molecule is N#C[C@H]1CCCN(c2nc3ccnc(NC(=O)[C@@H]4C[C@H]4F)c3s2)C1. The van der Waals surface area contributed by atoms with Gasteiger partial charge >= 0.3 is 0 Å². The minimum atomic E-state index is -1.03. The smallest absolute Gasteiger partial charge is 0.231 e. The summed E-state index contributed by atoms with van der Waals surface area (Å²) in [4.78, 5) is 22.9. The van der Waals surface area contributed by atoms with Crippen molar-refractivity contribution in [1.82, 2.24) is 9.97 Å². The maximum Gasteiger partial charge on any atom is 0.231 e. The van der Waals surface area contributed by atoms with E-state index in [1.54, 1.807) is 12.3 Å². The molecule has 6 nitrogen and oxygen atoms in total. The maximum absolute atomic E-state index is 13.0. The second kappa shape index (κ2) is 5.98. The standard InChI is InChI=1S/C16H16FN5OS/c17-11-6-10(11)15(23)21-14-13-12(3-4-19-14)20-16(24-13)22-5-1-2-9(7-18)8-22/h3-4,9-11H,1-2,5-6,8H2,(H,19,21,23)/t9-,10-,11-/m1/s1. The number of pyridine rings is 1. The molecule has 3 heterocycles. The van der Waals surface area contributed by atoms with Crippen molar-refractivity contribution in [1.29, 1.82) is 5.26 Å². The molecule has 2 aliphatic rings. The molecule has 1 amide bonds. The molecule has 124 valence electrons. The summed E-state index contributed by atoms with van der Waals surface area (Å²) < 4.78 is 13.8. The van der Waals surface area contributed by atoms with Crippen molar-refractivity contribution in [3.8, 4) is 6.07 Å². The molecule has 1 aliphatic heterocycles. The average Bonchev–Trinajstić information content (AvgIpc) is 3.17. The van der Waals surface area contributed by atoms with Gasteiger partial charge < -0.3 is 10.2 Å². The zero-order valence-electron chi connectivity index (χ0n) is 12.9. The third-order valence-electron chi connectivity index (χ3n) is 4.46. The molecule has 24 heavy (non-hydrogen) atoms. The van der Waals surface area contributed by atoms with Gasteiger partial charge in [-0.3, -0.25) is 4.79 Å². The number of rotatable bonds is 3. The number of carbonyl (C=O) groups excluding carboxylic acids is 1. The Hall–Kier alpha value is -2.27. The first-order valence-corrected chi connectivity index (χ1v) is 8.82. The van der Waals surface area contributed by atoms with E-state index in [1.165, 1.54) is 11.3 Å². The fraction of sp³-hybridized carbons (Fsp3) is 0.500. The zero-order valence-corrected chi connectivity index (χ0v) is 13.7. The molecule has 8 heteroatoms. The summed E-state index contributed by atoms with van der Waals surface area (Å²) in [6.45, 7) is 1.55. The number of thiazole rings is 1. The number of fused-ring (bicyclic) bond motifs is 1. The number of hydrogen-bond donors (Lipinski definition) is 1. The zero-order chi connectivity index (χ0) is 16.7. The van der Waals surface area contributed by atoms with Crippen LogP contribution in [0.15, 0.2) is 12.3 Å². The van der Waals surface area contributed by atoms with E-state index < -0.39 is 12.1 Å². The molecule has 3 atom stereocenters. The van der Waals surface area contributed by atoms with Crippen molar-refractivity contribution in [3.05, 3.63) is 12.3 Å². The molecule has 4 rings (SSSR count). The van der Waals surface area contributed by atoms with E-state index in [2.05, 4.69) is 26.3 Å². The van der Waals surface area contributed by atoms with E-state index in [1.807, 2.05) is 0 Å². The van der Waals surface area contributed by atoms with Gasteiger partial charge in [0.25, 0.3) is 0 Å². The molecule has 0 spiro atoms. The van der Waals surface area contributed by atoms with Crippen molar-refractivity contribution in [2.24, 2.45) is 11.8 Å². The molecule has 1 saturated heterocycles. The first-order valence-electron chi connectivity index (χ1n) is 8.00. The van der Waals surface area contributed by atoms with Crippen molar-refractivity contribution >= 4 is 38.4 Å². The van der Waals surface area contributed by atoms with Crippen molar-refractivity contribution in [2.75, 3.05) is 23.3 Å². The minimum absolute atomic E-state index is 0.0272. The molecule has 2 fully saturated rings. The Labute approximate surface area is 142 Å². The number of alkyl halides is 1. The van der Waals surface area contributed by atoms with Gasteiger partial charge in [0.15, 0.2) is 10.9 Å². The van der Waals surface area contributed by atoms with Gasteiger partial charge in [-0.05, 0) is 25.3 Å². The highest BCUT2D eigenvalue weighted by Gasteiger charge is 2.43. The Kier molecular flexibility index (Phi) is 3.81. The number of hydrogen-bond acceptors (Lipinski definition) is 6. The van der Waals surface area contributed by atoms with Gasteiger partial charge in [-0.25, -0.2) is 14.4 Å². The largest absolute Gasteiger partial charge is 0.347 e. The lowest BCUT2D eigenvalue weighted by Gasteiger charge is -2.28. The first kappa shape index (κ1) is 15.3. The lowest BCUT2D eigenvalue weighted by molar-refractivity contribution is -0.117. The molecular formula is C16H16FN5OS. The topological polar surface area (TPSA) is 81.9 Å². The Morgan fingerprint density at radius 3 is 3.12 bits per heavy atom. The van der Waals surface area contributed by atoms with Crippen LogP contribution in [0.1, 0.15) is 19.3 Å². The summed E-state index contributed by atoms with van der Waals surface area (Å²) in [6, 6.07) is 4.13. The second-order valence-electron chi connectivity index (χ2n) is 6.27. The van der Waals surface area contributed by atoms with E-state index >= 15 is 0 Å². The number of nitriles is 1. The Morgan fingerprint density at radius 1 is 1.54 bits per heavy atom. The summed E-state index contributed by atoms with van der Waals surface area (Å²) >= 11 is 1.45. The molecule has 1 aliphatic carbocycles. The lowest BCUT2D eigenvalue weighted by atomic mass is 10.0. The number of anilines is 2. The number of aromatic nitrogens is 2. The molecule has 2 aromatic heterocycles. The predicted octanol–water partition coefficient (Wildman–Crippen LogP) is 2.73. The Bertz CT molecular complexity index is 831. The van der Waals surface area contributed by atoms with Crippen LogP contribution in [0, 0.1) is 23.2 Å². The van der Waals surface area contributed by atoms with Gasteiger partial charge in [-0.2, -0.15) is 5.26 Å². The fourth-order valence-corrected chi connectivity index (χ4v) is 4.01. The van der Waals surface area contributed by atoms with Crippen LogP contribution >= 0.6 is 11.3 Å². The number of carbonyl (C=O) groups is 1. The Morgan fingerprint density at radius 2 is 2.38 bits per heavy atom. The summed E-state index contributed by atoms with van der Waals surface area (Å²) in [5.41, 5.74) is 0.756. The van der Waals surface area contributed by atoms with Crippen LogP contribution in [0.2, 0.25) is 0 Å². The molecule has 1 saturated carbocycles. The van der Waals surface area contributed by atoms with Crippen LogP contribution in [0.4, 0.5) is 15.3 Å². The van der Waals surface area contributed by atoms with Crippen molar-refractivity contribution < 1.29 is 9.18 Å². The van der Waals surface area contributed by atoms with E-state index in [9.17, 15) is 9.18 Å². The molecule has 0 radical (unpaired) electrons. The monoisotopic (exact) mass is 345 g/mol. The normalized spacial score (nSPS) is 26.2. The van der Waals surface area contributed by atoms with Crippen LogP contribution in [0.5, 0.6) is 0 Å². The predicted molar refractivity (Wildman–Crippen MR) is 89.6 cm³/mol. The van der Waals surface area contributed by atoms with Crippen molar-refractivity contribution in [3.63, 3.8) is 0 Å². The number of nitrogens with zero attached hydrogens (tertiary/aromatic N) is 4. The number of nitrogens with one attached hydrogen (secondary N) is 1. The van der Waals surface area contributed by atoms with Gasteiger partial charge in [0.1, 0.15) is 6.17 Å². The minimum Gasteiger partial charge on any atom is -0.347 e. The van der Waals surface area contributed by atoms with Gasteiger partial charge in [0.05, 0.1) is 28.1 Å².